The summed E-state index contributed by atoms with van der Waals surface area (Å²) in [7, 11) is 0. The third-order valence-electron chi connectivity index (χ3n) is 3.64. The van der Waals surface area contributed by atoms with Gasteiger partial charge >= 0.3 is 0 Å². The summed E-state index contributed by atoms with van der Waals surface area (Å²) in [4.78, 5) is 0. The van der Waals surface area contributed by atoms with Crippen molar-refractivity contribution < 1.29 is 13.5 Å². The van der Waals surface area contributed by atoms with Crippen LogP contribution in [-0.4, -0.2) is 6.61 Å². The lowest BCUT2D eigenvalue weighted by Crippen LogP contribution is -2.01. The minimum absolute atomic E-state index is 0.0352. The summed E-state index contributed by atoms with van der Waals surface area (Å²) in [5.74, 6) is 3.57. The number of halogens is 2. The van der Waals surface area contributed by atoms with Gasteiger partial charge in [-0.2, -0.15) is 4.39 Å². The summed E-state index contributed by atoms with van der Waals surface area (Å²) < 4.78 is 33.3. The molecule has 126 valence electrons. The summed E-state index contributed by atoms with van der Waals surface area (Å²) in [5, 5.41) is 0. The van der Waals surface area contributed by atoms with Gasteiger partial charge in [-0.3, -0.25) is 0 Å². The zero-order valence-electron chi connectivity index (χ0n) is 14.2. The highest BCUT2D eigenvalue weighted by Crippen LogP contribution is 2.22. The number of aryl methyl sites for hydroxylation is 1. The van der Waals surface area contributed by atoms with Crippen molar-refractivity contribution in [3.63, 3.8) is 0 Å². The van der Waals surface area contributed by atoms with Gasteiger partial charge in [0.1, 0.15) is 0 Å². The van der Waals surface area contributed by atoms with Crippen LogP contribution < -0.4 is 4.74 Å². The van der Waals surface area contributed by atoms with Crippen molar-refractivity contribution >= 4 is 0 Å². The molecule has 2 aromatic carbocycles. The zero-order valence-corrected chi connectivity index (χ0v) is 14.2. The van der Waals surface area contributed by atoms with E-state index in [1.54, 1.807) is 0 Å². The van der Waals surface area contributed by atoms with Crippen molar-refractivity contribution in [2.45, 2.75) is 39.5 Å². The Morgan fingerprint density at radius 1 is 0.875 bits per heavy atom. The van der Waals surface area contributed by atoms with E-state index in [-0.39, 0.29) is 11.3 Å². The van der Waals surface area contributed by atoms with Gasteiger partial charge in [0.2, 0.25) is 5.82 Å². The number of hydrogen-bond acceptors (Lipinski definition) is 1. The van der Waals surface area contributed by atoms with Gasteiger partial charge in [0.15, 0.2) is 11.6 Å². The molecule has 0 bridgehead atoms. The van der Waals surface area contributed by atoms with E-state index < -0.39 is 11.6 Å². The molecule has 0 aliphatic carbocycles. The fourth-order valence-corrected chi connectivity index (χ4v) is 2.25. The Morgan fingerprint density at radius 2 is 1.62 bits per heavy atom. The summed E-state index contributed by atoms with van der Waals surface area (Å²) in [6.45, 7) is 4.51. The van der Waals surface area contributed by atoms with Gasteiger partial charge in [0, 0.05) is 5.56 Å². The first kappa shape index (κ1) is 18.0. The fraction of sp³-hybridized carbons (Fsp3) is 0.333. The molecule has 0 atom stereocenters. The molecule has 2 rings (SSSR count). The van der Waals surface area contributed by atoms with Gasteiger partial charge < -0.3 is 4.74 Å². The predicted octanol–water partition coefficient (Wildman–Crippen LogP) is 5.50. The van der Waals surface area contributed by atoms with Crippen LogP contribution in [0.5, 0.6) is 5.75 Å². The van der Waals surface area contributed by atoms with E-state index in [4.69, 9.17) is 4.74 Å². The third kappa shape index (κ3) is 4.83. The molecule has 1 nitrogen and oxygen atoms in total. The first-order chi connectivity index (χ1) is 11.7. The van der Waals surface area contributed by atoms with Crippen LogP contribution in [0.25, 0.3) is 0 Å². The van der Waals surface area contributed by atoms with Crippen molar-refractivity contribution in [1.29, 1.82) is 0 Å². The van der Waals surface area contributed by atoms with Crippen molar-refractivity contribution in [3.8, 4) is 17.6 Å². The Hall–Kier alpha value is -2.34. The van der Waals surface area contributed by atoms with E-state index in [9.17, 15) is 8.78 Å². The molecule has 0 radical (unpaired) electrons. The minimum atomic E-state index is -0.976. The highest BCUT2D eigenvalue weighted by Gasteiger charge is 2.13. The van der Waals surface area contributed by atoms with E-state index in [0.717, 1.165) is 31.2 Å². The molecule has 24 heavy (non-hydrogen) atoms. The predicted molar refractivity (Wildman–Crippen MR) is 93.2 cm³/mol. The average Bonchev–Trinajstić information content (AvgIpc) is 2.60. The summed E-state index contributed by atoms with van der Waals surface area (Å²) >= 11 is 0. The number of ether oxygens (including phenoxy) is 1. The van der Waals surface area contributed by atoms with Gasteiger partial charge in [0.25, 0.3) is 0 Å². The first-order valence-electron chi connectivity index (χ1n) is 8.37. The normalized spacial score (nSPS) is 10.2. The largest absolute Gasteiger partial charge is 0.490 e. The standard InChI is InChI=1S/C21H22F2O/c1-3-5-15-24-19-14-13-18(20(22)21(19)23)12-11-17-9-7-16(6-4-2)8-10-17/h7-10,13-14H,3-6,15H2,1-2H3. The molecule has 0 unspecified atom stereocenters. The lowest BCUT2D eigenvalue weighted by molar-refractivity contribution is 0.288. The van der Waals surface area contributed by atoms with E-state index in [0.29, 0.717) is 6.61 Å². The molecular formula is C21H22F2O. The molecule has 0 N–H and O–H groups in total. The maximum absolute atomic E-state index is 14.1. The van der Waals surface area contributed by atoms with E-state index >= 15 is 0 Å². The van der Waals surface area contributed by atoms with E-state index in [2.05, 4.69) is 18.8 Å². The van der Waals surface area contributed by atoms with Crippen molar-refractivity contribution in [3.05, 3.63) is 64.7 Å². The highest BCUT2D eigenvalue weighted by atomic mass is 19.2. The zero-order chi connectivity index (χ0) is 17.4. The Morgan fingerprint density at radius 3 is 2.29 bits per heavy atom. The molecule has 0 saturated carbocycles. The monoisotopic (exact) mass is 328 g/mol. The van der Waals surface area contributed by atoms with Gasteiger partial charge in [-0.25, -0.2) is 4.39 Å². The van der Waals surface area contributed by atoms with Gasteiger partial charge in [-0.05, 0) is 42.7 Å². The Bertz CT molecular complexity index is 724. The lowest BCUT2D eigenvalue weighted by Gasteiger charge is -2.07. The van der Waals surface area contributed by atoms with Gasteiger partial charge in [-0.15, -0.1) is 0 Å². The van der Waals surface area contributed by atoms with Crippen LogP contribution in [0.15, 0.2) is 36.4 Å². The Kier molecular flexibility index (Phi) is 6.81. The molecule has 0 saturated heterocycles. The van der Waals surface area contributed by atoms with E-state index in [1.165, 1.54) is 17.7 Å². The van der Waals surface area contributed by atoms with Crippen LogP contribution in [0.3, 0.4) is 0 Å². The molecule has 3 heteroatoms. The van der Waals surface area contributed by atoms with Gasteiger partial charge in [0.05, 0.1) is 12.2 Å². The molecular weight excluding hydrogens is 306 g/mol. The van der Waals surface area contributed by atoms with Crippen molar-refractivity contribution in [1.82, 2.24) is 0 Å². The molecule has 0 spiro atoms. The second kappa shape index (κ2) is 9.08. The molecule has 0 amide bonds. The summed E-state index contributed by atoms with van der Waals surface area (Å²) in [6.07, 6.45) is 3.84. The summed E-state index contributed by atoms with van der Waals surface area (Å²) in [5.41, 5.74) is 2.06. The molecule has 0 aromatic heterocycles. The molecule has 0 aliphatic heterocycles. The third-order valence-corrected chi connectivity index (χ3v) is 3.64. The SMILES string of the molecule is CCCCOc1ccc(C#Cc2ccc(CCC)cc2)c(F)c1F. The number of benzene rings is 2. The summed E-state index contributed by atoms with van der Waals surface area (Å²) in [6, 6.07) is 10.7. The Labute approximate surface area is 142 Å². The molecule has 0 aliphatic rings. The van der Waals surface area contributed by atoms with Crippen LogP contribution in [0, 0.1) is 23.5 Å². The van der Waals surface area contributed by atoms with Crippen LogP contribution in [0.2, 0.25) is 0 Å². The van der Waals surface area contributed by atoms with Crippen LogP contribution in [0.4, 0.5) is 8.78 Å². The van der Waals surface area contributed by atoms with Crippen molar-refractivity contribution in [2.75, 3.05) is 6.61 Å². The topological polar surface area (TPSA) is 9.23 Å². The average molecular weight is 328 g/mol. The van der Waals surface area contributed by atoms with Crippen LogP contribution >= 0.6 is 0 Å². The van der Waals surface area contributed by atoms with Crippen LogP contribution in [-0.2, 0) is 6.42 Å². The number of hydrogen-bond donors (Lipinski definition) is 0. The molecule has 0 heterocycles. The Balaban J connectivity index is 2.14. The quantitative estimate of drug-likeness (QED) is 0.503. The van der Waals surface area contributed by atoms with Crippen molar-refractivity contribution in [2.24, 2.45) is 0 Å². The number of unbranched alkanes of at least 4 members (excludes halogenated alkanes) is 1. The second-order valence-corrected chi connectivity index (χ2v) is 5.64. The van der Waals surface area contributed by atoms with Gasteiger partial charge in [-0.1, -0.05) is 50.7 Å². The smallest absolute Gasteiger partial charge is 0.201 e. The molecule has 2 aromatic rings. The highest BCUT2D eigenvalue weighted by molar-refractivity contribution is 5.46. The lowest BCUT2D eigenvalue weighted by atomic mass is 10.1. The fourth-order valence-electron chi connectivity index (χ4n) is 2.25. The number of rotatable bonds is 6. The maximum atomic E-state index is 14.1. The van der Waals surface area contributed by atoms with E-state index in [1.807, 2.05) is 31.2 Å². The minimum Gasteiger partial charge on any atom is -0.490 e. The first-order valence-corrected chi connectivity index (χ1v) is 8.37. The molecule has 0 fully saturated rings. The second-order valence-electron chi connectivity index (χ2n) is 5.64. The van der Waals surface area contributed by atoms with Crippen LogP contribution in [0.1, 0.15) is 49.8 Å². The maximum Gasteiger partial charge on any atom is 0.201 e.